The summed E-state index contributed by atoms with van der Waals surface area (Å²) in [6.45, 7) is 1.98. The Labute approximate surface area is 132 Å². The van der Waals surface area contributed by atoms with Gasteiger partial charge in [-0.05, 0) is 52.7 Å². The maximum absolute atomic E-state index is 6.38. The van der Waals surface area contributed by atoms with Gasteiger partial charge in [-0.3, -0.25) is 4.98 Å². The van der Waals surface area contributed by atoms with Crippen LogP contribution in [0.1, 0.15) is 29.5 Å². The van der Waals surface area contributed by atoms with Crippen molar-refractivity contribution in [3.05, 3.63) is 63.3 Å². The molecule has 2 atom stereocenters. The molecule has 104 valence electrons. The molecule has 0 spiro atoms. The standard InChI is InChI=1S/C16H16BrClN2/c17-11-5-6-16(20-9-11)13-7-8-19-10-14(13)12-3-1-2-4-15(12)18/h1-6,9,13-14,19H,7-8,10H2. The molecule has 2 nitrogen and oxygen atoms in total. The lowest BCUT2D eigenvalue weighted by atomic mass is 9.79. The second-order valence-corrected chi connectivity index (χ2v) is 6.45. The van der Waals surface area contributed by atoms with Crippen molar-refractivity contribution in [2.45, 2.75) is 18.3 Å². The molecular weight excluding hydrogens is 336 g/mol. The molecule has 2 heterocycles. The van der Waals surface area contributed by atoms with E-state index in [-0.39, 0.29) is 0 Å². The Kier molecular flexibility index (Phi) is 4.39. The van der Waals surface area contributed by atoms with Gasteiger partial charge in [-0.25, -0.2) is 0 Å². The Hall–Kier alpha value is -0.900. The smallest absolute Gasteiger partial charge is 0.0442 e. The fourth-order valence-corrected chi connectivity index (χ4v) is 3.43. The van der Waals surface area contributed by atoms with Gasteiger partial charge in [-0.1, -0.05) is 29.8 Å². The Balaban J connectivity index is 1.95. The van der Waals surface area contributed by atoms with E-state index in [1.165, 1.54) is 5.56 Å². The molecule has 1 saturated heterocycles. The maximum atomic E-state index is 6.38. The van der Waals surface area contributed by atoms with E-state index in [9.17, 15) is 0 Å². The lowest BCUT2D eigenvalue weighted by Crippen LogP contribution is -2.34. The lowest BCUT2D eigenvalue weighted by Gasteiger charge is -2.32. The van der Waals surface area contributed by atoms with Crippen LogP contribution in [0.15, 0.2) is 47.1 Å². The van der Waals surface area contributed by atoms with Gasteiger partial charge in [0.15, 0.2) is 0 Å². The number of aromatic nitrogens is 1. The van der Waals surface area contributed by atoms with Crippen LogP contribution >= 0.6 is 27.5 Å². The van der Waals surface area contributed by atoms with Gasteiger partial charge in [0.1, 0.15) is 0 Å². The molecule has 1 aromatic heterocycles. The summed E-state index contributed by atoms with van der Waals surface area (Å²) in [6, 6.07) is 12.3. The highest BCUT2D eigenvalue weighted by Gasteiger charge is 2.29. The van der Waals surface area contributed by atoms with E-state index in [4.69, 9.17) is 11.6 Å². The third-order valence-electron chi connectivity index (χ3n) is 3.92. The van der Waals surface area contributed by atoms with Crippen molar-refractivity contribution in [2.75, 3.05) is 13.1 Å². The Bertz CT molecular complexity index is 585. The number of halogens is 2. The number of nitrogens with zero attached hydrogens (tertiary/aromatic N) is 1. The number of pyridine rings is 1. The molecule has 4 heteroatoms. The molecule has 1 aliphatic rings. The zero-order valence-corrected chi connectivity index (χ0v) is 13.4. The van der Waals surface area contributed by atoms with Crippen LogP contribution in [0.25, 0.3) is 0 Å². The van der Waals surface area contributed by atoms with Crippen LogP contribution in [0, 0.1) is 0 Å². The van der Waals surface area contributed by atoms with E-state index in [1.807, 2.05) is 18.3 Å². The minimum absolute atomic E-state index is 0.381. The summed E-state index contributed by atoms with van der Waals surface area (Å²) >= 11 is 9.83. The molecule has 20 heavy (non-hydrogen) atoms. The van der Waals surface area contributed by atoms with Crippen LogP contribution in [0.4, 0.5) is 0 Å². The topological polar surface area (TPSA) is 24.9 Å². The molecule has 2 aromatic rings. The van der Waals surface area contributed by atoms with Crippen molar-refractivity contribution in [2.24, 2.45) is 0 Å². The van der Waals surface area contributed by atoms with Crippen LogP contribution < -0.4 is 5.32 Å². The highest BCUT2D eigenvalue weighted by Crippen LogP contribution is 2.39. The SMILES string of the molecule is Clc1ccccc1C1CNCCC1c1ccc(Br)cn1. The molecule has 0 bridgehead atoms. The molecule has 0 saturated carbocycles. The predicted octanol–water partition coefficient (Wildman–Crippen LogP) is 4.36. The van der Waals surface area contributed by atoms with Crippen molar-refractivity contribution in [3.8, 4) is 0 Å². The fourth-order valence-electron chi connectivity index (χ4n) is 2.92. The van der Waals surface area contributed by atoms with E-state index in [0.29, 0.717) is 11.8 Å². The van der Waals surface area contributed by atoms with Gasteiger partial charge in [-0.2, -0.15) is 0 Å². The molecule has 0 aliphatic carbocycles. The van der Waals surface area contributed by atoms with Crippen LogP contribution in [-0.4, -0.2) is 18.1 Å². The molecule has 1 N–H and O–H groups in total. The van der Waals surface area contributed by atoms with E-state index < -0.39 is 0 Å². The first-order valence-electron chi connectivity index (χ1n) is 6.82. The average molecular weight is 352 g/mol. The van der Waals surface area contributed by atoms with Gasteiger partial charge in [0, 0.05) is 39.8 Å². The first kappa shape index (κ1) is 14.1. The number of hydrogen-bond donors (Lipinski definition) is 1. The number of hydrogen-bond acceptors (Lipinski definition) is 2. The number of piperidine rings is 1. The predicted molar refractivity (Wildman–Crippen MR) is 86.4 cm³/mol. The molecule has 3 rings (SSSR count). The van der Waals surface area contributed by atoms with Crippen molar-refractivity contribution < 1.29 is 0 Å². The van der Waals surface area contributed by atoms with Gasteiger partial charge in [0.2, 0.25) is 0 Å². The number of nitrogens with one attached hydrogen (secondary N) is 1. The second-order valence-electron chi connectivity index (χ2n) is 5.13. The molecule has 1 aliphatic heterocycles. The van der Waals surface area contributed by atoms with E-state index in [0.717, 1.165) is 34.7 Å². The summed E-state index contributed by atoms with van der Waals surface area (Å²) in [5, 5.41) is 4.33. The largest absolute Gasteiger partial charge is 0.316 e. The Morgan fingerprint density at radius 1 is 1.15 bits per heavy atom. The Morgan fingerprint density at radius 2 is 2.00 bits per heavy atom. The summed E-state index contributed by atoms with van der Waals surface area (Å²) in [4.78, 5) is 4.59. The highest BCUT2D eigenvalue weighted by atomic mass is 79.9. The number of rotatable bonds is 2. The third kappa shape index (κ3) is 2.90. The van der Waals surface area contributed by atoms with Crippen LogP contribution in [-0.2, 0) is 0 Å². The summed E-state index contributed by atoms with van der Waals surface area (Å²) in [7, 11) is 0. The van der Waals surface area contributed by atoms with Crippen LogP contribution in [0.5, 0.6) is 0 Å². The van der Waals surface area contributed by atoms with Gasteiger partial charge < -0.3 is 5.32 Å². The van der Waals surface area contributed by atoms with Crippen LogP contribution in [0.2, 0.25) is 5.02 Å². The molecule has 1 aromatic carbocycles. The Morgan fingerprint density at radius 3 is 2.75 bits per heavy atom. The van der Waals surface area contributed by atoms with Gasteiger partial charge in [-0.15, -0.1) is 0 Å². The normalized spacial score (nSPS) is 22.7. The zero-order valence-electron chi connectivity index (χ0n) is 11.0. The van der Waals surface area contributed by atoms with E-state index >= 15 is 0 Å². The summed E-state index contributed by atoms with van der Waals surface area (Å²) < 4.78 is 1.02. The molecule has 0 amide bonds. The van der Waals surface area contributed by atoms with Crippen molar-refractivity contribution in [1.29, 1.82) is 0 Å². The lowest BCUT2D eigenvalue weighted by molar-refractivity contribution is 0.398. The van der Waals surface area contributed by atoms with Crippen molar-refractivity contribution in [1.82, 2.24) is 10.3 Å². The quantitative estimate of drug-likeness (QED) is 0.869. The summed E-state index contributed by atoms with van der Waals surface area (Å²) in [5.74, 6) is 0.801. The first-order valence-corrected chi connectivity index (χ1v) is 7.99. The highest BCUT2D eigenvalue weighted by molar-refractivity contribution is 9.10. The molecule has 2 unspecified atom stereocenters. The minimum atomic E-state index is 0.381. The van der Waals surface area contributed by atoms with Gasteiger partial charge in [0.05, 0.1) is 0 Å². The minimum Gasteiger partial charge on any atom is -0.316 e. The van der Waals surface area contributed by atoms with Crippen molar-refractivity contribution in [3.63, 3.8) is 0 Å². The zero-order chi connectivity index (χ0) is 13.9. The number of benzene rings is 1. The van der Waals surface area contributed by atoms with Gasteiger partial charge >= 0.3 is 0 Å². The molecule has 0 radical (unpaired) electrons. The maximum Gasteiger partial charge on any atom is 0.0442 e. The molecule has 1 fully saturated rings. The summed E-state index contributed by atoms with van der Waals surface area (Å²) in [5.41, 5.74) is 2.37. The second kappa shape index (κ2) is 6.25. The monoisotopic (exact) mass is 350 g/mol. The molecular formula is C16H16BrClN2. The van der Waals surface area contributed by atoms with Gasteiger partial charge in [0.25, 0.3) is 0 Å². The van der Waals surface area contributed by atoms with Crippen molar-refractivity contribution >= 4 is 27.5 Å². The van der Waals surface area contributed by atoms with E-state index in [2.05, 4.69) is 50.5 Å². The fraction of sp³-hybridized carbons (Fsp3) is 0.312. The van der Waals surface area contributed by atoms with E-state index in [1.54, 1.807) is 0 Å². The first-order chi connectivity index (χ1) is 9.75. The summed E-state index contributed by atoms with van der Waals surface area (Å²) in [6.07, 6.45) is 2.96. The average Bonchev–Trinajstić information content (AvgIpc) is 2.49. The third-order valence-corrected chi connectivity index (χ3v) is 4.73. The van der Waals surface area contributed by atoms with Crippen LogP contribution in [0.3, 0.4) is 0 Å².